The monoisotopic (exact) mass is 201 g/mol. The summed E-state index contributed by atoms with van der Waals surface area (Å²) in [6.07, 6.45) is 6.10. The van der Waals surface area contributed by atoms with E-state index in [1.807, 2.05) is 0 Å². The van der Waals surface area contributed by atoms with E-state index >= 15 is 0 Å². The third-order valence-corrected chi connectivity index (χ3v) is 2.32. The lowest BCUT2D eigenvalue weighted by Crippen LogP contribution is -2.27. The maximum Gasteiger partial charge on any atom is 0.0478 e. The van der Waals surface area contributed by atoms with Crippen LogP contribution < -0.4 is 5.32 Å². The fourth-order valence-electron chi connectivity index (χ4n) is 1.41. The van der Waals surface area contributed by atoms with Gasteiger partial charge in [0.05, 0.1) is 0 Å². The van der Waals surface area contributed by atoms with Crippen LogP contribution in [-0.4, -0.2) is 25.8 Å². The van der Waals surface area contributed by atoms with Gasteiger partial charge in [-0.3, -0.25) is 0 Å². The molecule has 0 aliphatic carbocycles. The molecule has 2 nitrogen and oxygen atoms in total. The minimum absolute atomic E-state index is 0.663. The van der Waals surface area contributed by atoms with Gasteiger partial charge in [0.15, 0.2) is 0 Å². The highest BCUT2D eigenvalue weighted by Gasteiger charge is 1.97. The largest absolute Gasteiger partial charge is 0.381 e. The van der Waals surface area contributed by atoms with Crippen LogP contribution in [0, 0.1) is 0 Å². The first-order chi connectivity index (χ1) is 6.81. The van der Waals surface area contributed by atoms with E-state index < -0.39 is 0 Å². The Kier molecular flexibility index (Phi) is 10.9. The van der Waals surface area contributed by atoms with E-state index in [9.17, 15) is 0 Å². The first kappa shape index (κ1) is 13.9. The SMILES string of the molecule is CCCCOCCCNC(C)CCC. The van der Waals surface area contributed by atoms with Gasteiger partial charge < -0.3 is 10.1 Å². The number of unbranched alkanes of at least 4 members (excludes halogenated alkanes) is 1. The molecule has 0 heterocycles. The zero-order valence-electron chi connectivity index (χ0n) is 10.1. The highest BCUT2D eigenvalue weighted by molar-refractivity contribution is 4.58. The summed E-state index contributed by atoms with van der Waals surface area (Å²) >= 11 is 0. The average molecular weight is 201 g/mol. The number of hydrogen-bond donors (Lipinski definition) is 1. The molecule has 0 aromatic rings. The molecule has 0 aliphatic heterocycles. The Morgan fingerprint density at radius 2 is 1.79 bits per heavy atom. The molecule has 0 rings (SSSR count). The van der Waals surface area contributed by atoms with E-state index in [0.29, 0.717) is 6.04 Å². The van der Waals surface area contributed by atoms with Crippen molar-refractivity contribution in [3.8, 4) is 0 Å². The second-order valence-electron chi connectivity index (χ2n) is 3.96. The summed E-state index contributed by atoms with van der Waals surface area (Å²) in [5.74, 6) is 0. The molecular formula is C12H27NO. The van der Waals surface area contributed by atoms with Crippen molar-refractivity contribution in [3.05, 3.63) is 0 Å². The van der Waals surface area contributed by atoms with Crippen LogP contribution in [0.1, 0.15) is 52.9 Å². The molecule has 0 aliphatic rings. The Balaban J connectivity index is 2.98. The quantitative estimate of drug-likeness (QED) is 0.549. The molecular weight excluding hydrogens is 174 g/mol. The van der Waals surface area contributed by atoms with Crippen LogP contribution in [0.5, 0.6) is 0 Å². The molecule has 0 amide bonds. The Labute approximate surface area is 89.4 Å². The Morgan fingerprint density at radius 1 is 1.07 bits per heavy atom. The van der Waals surface area contributed by atoms with Gasteiger partial charge in [-0.2, -0.15) is 0 Å². The maximum absolute atomic E-state index is 5.48. The Hall–Kier alpha value is -0.0800. The van der Waals surface area contributed by atoms with E-state index in [1.165, 1.54) is 25.7 Å². The minimum Gasteiger partial charge on any atom is -0.381 e. The summed E-state index contributed by atoms with van der Waals surface area (Å²) in [5, 5.41) is 3.49. The van der Waals surface area contributed by atoms with Gasteiger partial charge in [-0.15, -0.1) is 0 Å². The van der Waals surface area contributed by atoms with Crippen LogP contribution in [0.3, 0.4) is 0 Å². The van der Waals surface area contributed by atoms with Crippen LogP contribution in [0.15, 0.2) is 0 Å². The van der Waals surface area contributed by atoms with E-state index in [2.05, 4.69) is 26.1 Å². The zero-order chi connectivity index (χ0) is 10.6. The molecule has 0 saturated carbocycles. The number of hydrogen-bond acceptors (Lipinski definition) is 2. The normalized spacial score (nSPS) is 13.1. The topological polar surface area (TPSA) is 21.3 Å². The van der Waals surface area contributed by atoms with Gasteiger partial charge in [0.25, 0.3) is 0 Å². The highest BCUT2D eigenvalue weighted by Crippen LogP contribution is 1.95. The van der Waals surface area contributed by atoms with Gasteiger partial charge >= 0.3 is 0 Å². The molecule has 86 valence electrons. The lowest BCUT2D eigenvalue weighted by molar-refractivity contribution is 0.128. The first-order valence-corrected chi connectivity index (χ1v) is 6.12. The van der Waals surface area contributed by atoms with Crippen molar-refractivity contribution in [1.29, 1.82) is 0 Å². The average Bonchev–Trinajstić information content (AvgIpc) is 2.17. The maximum atomic E-state index is 5.48. The Morgan fingerprint density at radius 3 is 2.43 bits per heavy atom. The second kappa shape index (κ2) is 11.0. The lowest BCUT2D eigenvalue weighted by Gasteiger charge is -2.12. The molecule has 0 radical (unpaired) electrons. The fourth-order valence-corrected chi connectivity index (χ4v) is 1.41. The predicted octanol–water partition coefficient (Wildman–Crippen LogP) is 2.97. The molecule has 1 atom stereocenters. The van der Waals surface area contributed by atoms with Gasteiger partial charge in [-0.1, -0.05) is 26.7 Å². The van der Waals surface area contributed by atoms with Crippen molar-refractivity contribution < 1.29 is 4.74 Å². The molecule has 14 heavy (non-hydrogen) atoms. The van der Waals surface area contributed by atoms with Crippen molar-refractivity contribution in [3.63, 3.8) is 0 Å². The number of ether oxygens (including phenoxy) is 1. The van der Waals surface area contributed by atoms with E-state index in [0.717, 1.165) is 26.2 Å². The smallest absolute Gasteiger partial charge is 0.0478 e. The standard InChI is InChI=1S/C12H27NO/c1-4-6-10-14-11-7-9-13-12(3)8-5-2/h12-13H,4-11H2,1-3H3. The highest BCUT2D eigenvalue weighted by atomic mass is 16.5. The molecule has 0 spiro atoms. The molecule has 2 heteroatoms. The number of nitrogens with one attached hydrogen (secondary N) is 1. The zero-order valence-corrected chi connectivity index (χ0v) is 10.1. The molecule has 0 fully saturated rings. The van der Waals surface area contributed by atoms with Crippen molar-refractivity contribution in [2.24, 2.45) is 0 Å². The van der Waals surface area contributed by atoms with Crippen LogP contribution in [0.2, 0.25) is 0 Å². The van der Waals surface area contributed by atoms with Crippen LogP contribution in [0.25, 0.3) is 0 Å². The van der Waals surface area contributed by atoms with Gasteiger partial charge in [-0.25, -0.2) is 0 Å². The Bertz CT molecular complexity index is 106. The van der Waals surface area contributed by atoms with Gasteiger partial charge in [0.1, 0.15) is 0 Å². The molecule has 0 aromatic carbocycles. The summed E-state index contributed by atoms with van der Waals surface area (Å²) in [6, 6.07) is 0.663. The third kappa shape index (κ3) is 10.0. The predicted molar refractivity (Wildman–Crippen MR) is 62.7 cm³/mol. The first-order valence-electron chi connectivity index (χ1n) is 6.12. The van der Waals surface area contributed by atoms with Crippen LogP contribution in [0.4, 0.5) is 0 Å². The fraction of sp³-hybridized carbons (Fsp3) is 1.00. The van der Waals surface area contributed by atoms with E-state index in [1.54, 1.807) is 0 Å². The van der Waals surface area contributed by atoms with Crippen molar-refractivity contribution in [1.82, 2.24) is 5.32 Å². The summed E-state index contributed by atoms with van der Waals surface area (Å²) in [4.78, 5) is 0. The summed E-state index contributed by atoms with van der Waals surface area (Å²) < 4.78 is 5.48. The molecule has 0 bridgehead atoms. The van der Waals surface area contributed by atoms with Crippen molar-refractivity contribution in [2.45, 2.75) is 58.9 Å². The van der Waals surface area contributed by atoms with E-state index in [-0.39, 0.29) is 0 Å². The summed E-state index contributed by atoms with van der Waals surface area (Å²) in [5.41, 5.74) is 0. The van der Waals surface area contributed by atoms with Gasteiger partial charge in [0, 0.05) is 19.3 Å². The molecule has 0 saturated heterocycles. The number of rotatable bonds is 10. The molecule has 0 aromatic heterocycles. The van der Waals surface area contributed by atoms with Gasteiger partial charge in [0.2, 0.25) is 0 Å². The second-order valence-corrected chi connectivity index (χ2v) is 3.96. The summed E-state index contributed by atoms with van der Waals surface area (Å²) in [7, 11) is 0. The van der Waals surface area contributed by atoms with Crippen molar-refractivity contribution in [2.75, 3.05) is 19.8 Å². The third-order valence-electron chi connectivity index (χ3n) is 2.32. The minimum atomic E-state index is 0.663. The summed E-state index contributed by atoms with van der Waals surface area (Å²) in [6.45, 7) is 9.60. The van der Waals surface area contributed by atoms with E-state index in [4.69, 9.17) is 4.74 Å². The van der Waals surface area contributed by atoms with Crippen LogP contribution >= 0.6 is 0 Å². The lowest BCUT2D eigenvalue weighted by atomic mass is 10.2. The molecule has 1 unspecified atom stereocenters. The molecule has 1 N–H and O–H groups in total. The van der Waals surface area contributed by atoms with Crippen molar-refractivity contribution >= 4 is 0 Å². The van der Waals surface area contributed by atoms with Gasteiger partial charge in [-0.05, 0) is 32.7 Å². The van der Waals surface area contributed by atoms with Crippen LogP contribution in [-0.2, 0) is 4.74 Å².